The second kappa shape index (κ2) is 7.70. The fourth-order valence-corrected chi connectivity index (χ4v) is 3.34. The fraction of sp³-hybridized carbons (Fsp3) is 0.421. The number of amides is 2. The van der Waals surface area contributed by atoms with Crippen LogP contribution in [0.5, 0.6) is 0 Å². The van der Waals surface area contributed by atoms with Gasteiger partial charge in [-0.3, -0.25) is 14.3 Å². The van der Waals surface area contributed by atoms with E-state index in [4.69, 9.17) is 0 Å². The Morgan fingerprint density at radius 2 is 2.04 bits per heavy atom. The lowest BCUT2D eigenvalue weighted by molar-refractivity contribution is -0.132. The molecule has 1 aromatic heterocycles. The van der Waals surface area contributed by atoms with Crippen molar-refractivity contribution in [2.24, 2.45) is 0 Å². The molecule has 26 heavy (non-hydrogen) atoms. The molecule has 2 heterocycles. The number of piperidine rings is 1. The van der Waals surface area contributed by atoms with Gasteiger partial charge in [0.15, 0.2) is 0 Å². The van der Waals surface area contributed by atoms with Crippen LogP contribution in [0, 0.1) is 0 Å². The van der Waals surface area contributed by atoms with E-state index in [9.17, 15) is 9.59 Å². The minimum atomic E-state index is -0.661. The Morgan fingerprint density at radius 3 is 2.69 bits per heavy atom. The molecule has 0 bridgehead atoms. The average Bonchev–Trinajstić information content (AvgIpc) is 3.21. The van der Waals surface area contributed by atoms with Crippen LogP contribution in [0.1, 0.15) is 28.8 Å². The Hall–Kier alpha value is -2.67. The highest BCUT2D eigenvalue weighted by Crippen LogP contribution is 2.27. The smallest absolute Gasteiger partial charge is 0.253 e. The zero-order chi connectivity index (χ0) is 18.6. The van der Waals surface area contributed by atoms with E-state index in [2.05, 4.69) is 15.7 Å². The molecular formula is C19H25N5O2. The molecule has 0 spiro atoms. The summed E-state index contributed by atoms with van der Waals surface area (Å²) in [4.78, 5) is 26.7. The maximum atomic E-state index is 13.0. The van der Waals surface area contributed by atoms with Gasteiger partial charge in [0.1, 0.15) is 5.54 Å². The van der Waals surface area contributed by atoms with E-state index in [0.717, 1.165) is 18.7 Å². The van der Waals surface area contributed by atoms with E-state index in [-0.39, 0.29) is 11.8 Å². The Bertz CT molecular complexity index is 764. The predicted molar refractivity (Wildman–Crippen MR) is 98.6 cm³/mol. The molecule has 1 aromatic carbocycles. The summed E-state index contributed by atoms with van der Waals surface area (Å²) < 4.78 is 1.77. The van der Waals surface area contributed by atoms with E-state index >= 15 is 0 Å². The Labute approximate surface area is 153 Å². The van der Waals surface area contributed by atoms with Crippen molar-refractivity contribution in [2.45, 2.75) is 24.9 Å². The van der Waals surface area contributed by atoms with Crippen LogP contribution < -0.4 is 10.6 Å². The van der Waals surface area contributed by atoms with Gasteiger partial charge in [0.2, 0.25) is 5.91 Å². The lowest BCUT2D eigenvalue weighted by atomic mass is 9.87. The first-order valence-corrected chi connectivity index (χ1v) is 8.83. The summed E-state index contributed by atoms with van der Waals surface area (Å²) in [5, 5.41) is 10.7. The van der Waals surface area contributed by atoms with Crippen LogP contribution in [0.15, 0.2) is 42.7 Å². The van der Waals surface area contributed by atoms with Crippen molar-refractivity contribution in [3.05, 3.63) is 53.9 Å². The van der Waals surface area contributed by atoms with Crippen molar-refractivity contribution in [1.29, 1.82) is 0 Å². The maximum Gasteiger partial charge on any atom is 0.253 e. The number of aromatic nitrogens is 2. The number of carbonyl (C=O) groups is 2. The van der Waals surface area contributed by atoms with Crippen LogP contribution in [0.2, 0.25) is 0 Å². The molecule has 1 aliphatic rings. The zero-order valence-electron chi connectivity index (χ0n) is 15.2. The number of hydrogen-bond donors (Lipinski definition) is 2. The van der Waals surface area contributed by atoms with Gasteiger partial charge in [-0.2, -0.15) is 5.10 Å². The topological polar surface area (TPSA) is 79.3 Å². The quantitative estimate of drug-likeness (QED) is 0.838. The summed E-state index contributed by atoms with van der Waals surface area (Å²) >= 11 is 0. The van der Waals surface area contributed by atoms with Gasteiger partial charge in [-0.1, -0.05) is 12.1 Å². The van der Waals surface area contributed by atoms with Gasteiger partial charge >= 0.3 is 0 Å². The summed E-state index contributed by atoms with van der Waals surface area (Å²) in [7, 11) is 3.45. The zero-order valence-corrected chi connectivity index (χ0v) is 15.2. The predicted octanol–water partition coefficient (Wildman–Crippen LogP) is 0.980. The van der Waals surface area contributed by atoms with E-state index in [1.54, 1.807) is 35.9 Å². The van der Waals surface area contributed by atoms with E-state index in [0.29, 0.717) is 24.9 Å². The van der Waals surface area contributed by atoms with Crippen LogP contribution in [-0.4, -0.2) is 53.7 Å². The van der Waals surface area contributed by atoms with Crippen molar-refractivity contribution >= 4 is 11.8 Å². The molecule has 7 heteroatoms. The molecule has 0 radical (unpaired) electrons. The van der Waals surface area contributed by atoms with Gasteiger partial charge in [-0.15, -0.1) is 0 Å². The summed E-state index contributed by atoms with van der Waals surface area (Å²) in [5.41, 5.74) is 0.854. The van der Waals surface area contributed by atoms with Gasteiger partial charge < -0.3 is 15.5 Å². The summed E-state index contributed by atoms with van der Waals surface area (Å²) in [6.45, 7) is 1.93. The molecule has 7 nitrogen and oxygen atoms in total. The van der Waals surface area contributed by atoms with Crippen LogP contribution in [0.4, 0.5) is 0 Å². The minimum absolute atomic E-state index is 0.0351. The lowest BCUT2D eigenvalue weighted by Gasteiger charge is -2.36. The van der Waals surface area contributed by atoms with Gasteiger partial charge in [0, 0.05) is 38.6 Å². The van der Waals surface area contributed by atoms with Gasteiger partial charge in [0.05, 0.1) is 0 Å². The third-order valence-electron chi connectivity index (χ3n) is 4.83. The Kier molecular flexibility index (Phi) is 5.37. The SMILES string of the molecule is CN(C)C(=O)c1cccc(CNC(=O)C2(n3cccn3)CCNCC2)c1. The fourth-order valence-electron chi connectivity index (χ4n) is 3.34. The van der Waals surface area contributed by atoms with Gasteiger partial charge in [-0.05, 0) is 49.7 Å². The molecular weight excluding hydrogens is 330 g/mol. The Balaban J connectivity index is 1.73. The van der Waals surface area contributed by atoms with Crippen molar-refractivity contribution in [3.8, 4) is 0 Å². The first-order chi connectivity index (χ1) is 12.5. The molecule has 2 aromatic rings. The molecule has 138 valence electrons. The van der Waals surface area contributed by atoms with Gasteiger partial charge in [0.25, 0.3) is 5.91 Å². The molecule has 1 saturated heterocycles. The highest BCUT2D eigenvalue weighted by molar-refractivity contribution is 5.94. The maximum absolute atomic E-state index is 13.0. The summed E-state index contributed by atoms with van der Waals surface area (Å²) in [6.07, 6.45) is 4.94. The molecule has 0 atom stereocenters. The molecule has 1 aliphatic heterocycles. The van der Waals surface area contributed by atoms with Crippen molar-refractivity contribution in [1.82, 2.24) is 25.3 Å². The highest BCUT2D eigenvalue weighted by atomic mass is 16.2. The second-order valence-electron chi connectivity index (χ2n) is 6.81. The Morgan fingerprint density at radius 1 is 1.27 bits per heavy atom. The number of carbonyl (C=O) groups excluding carboxylic acids is 2. The summed E-state index contributed by atoms with van der Waals surface area (Å²) in [6, 6.07) is 9.20. The minimum Gasteiger partial charge on any atom is -0.350 e. The van der Waals surface area contributed by atoms with Crippen LogP contribution in [0.3, 0.4) is 0 Å². The van der Waals surface area contributed by atoms with Gasteiger partial charge in [-0.25, -0.2) is 0 Å². The number of nitrogens with zero attached hydrogens (tertiary/aromatic N) is 3. The normalized spacial score (nSPS) is 16.1. The second-order valence-corrected chi connectivity index (χ2v) is 6.81. The lowest BCUT2D eigenvalue weighted by Crippen LogP contribution is -2.54. The first-order valence-electron chi connectivity index (χ1n) is 8.83. The molecule has 0 saturated carbocycles. The third kappa shape index (κ3) is 3.62. The van der Waals surface area contributed by atoms with E-state index in [1.165, 1.54) is 0 Å². The number of nitrogens with one attached hydrogen (secondary N) is 2. The van der Waals surface area contributed by atoms with Crippen LogP contribution >= 0.6 is 0 Å². The van der Waals surface area contributed by atoms with Crippen molar-refractivity contribution < 1.29 is 9.59 Å². The number of benzene rings is 1. The standard InChI is InChI=1S/C19H25N5O2/c1-23(2)17(25)16-6-3-5-15(13-16)14-21-18(26)19(7-10-20-11-8-19)24-12-4-9-22-24/h3-6,9,12-13,20H,7-8,10-11,14H2,1-2H3,(H,21,26). The van der Waals surface area contributed by atoms with Crippen LogP contribution in [0.25, 0.3) is 0 Å². The first kappa shape index (κ1) is 18.1. The monoisotopic (exact) mass is 355 g/mol. The largest absolute Gasteiger partial charge is 0.350 e. The third-order valence-corrected chi connectivity index (χ3v) is 4.83. The van der Waals surface area contributed by atoms with Crippen molar-refractivity contribution in [2.75, 3.05) is 27.2 Å². The van der Waals surface area contributed by atoms with E-state index in [1.807, 2.05) is 30.5 Å². The molecule has 3 rings (SSSR count). The number of hydrogen-bond acceptors (Lipinski definition) is 4. The molecule has 1 fully saturated rings. The molecule has 0 unspecified atom stereocenters. The van der Waals surface area contributed by atoms with Crippen molar-refractivity contribution in [3.63, 3.8) is 0 Å². The van der Waals surface area contributed by atoms with E-state index < -0.39 is 5.54 Å². The highest BCUT2D eigenvalue weighted by Gasteiger charge is 2.41. The summed E-state index contributed by atoms with van der Waals surface area (Å²) in [5.74, 6) is -0.0865. The number of rotatable bonds is 5. The molecule has 2 amide bonds. The van der Waals surface area contributed by atoms with Crippen LogP contribution in [-0.2, 0) is 16.9 Å². The molecule has 2 N–H and O–H groups in total. The average molecular weight is 355 g/mol. The molecule has 0 aliphatic carbocycles.